The number of methoxy groups -OCH3 is 1. The Morgan fingerprint density at radius 2 is 1.79 bits per heavy atom. The number of hydrogen-bond donors (Lipinski definition) is 1. The number of amides is 2. The van der Waals surface area contributed by atoms with Gasteiger partial charge in [-0.05, 0) is 30.9 Å². The first-order chi connectivity index (χ1) is 18.5. The van der Waals surface area contributed by atoms with Crippen molar-refractivity contribution in [3.05, 3.63) is 64.2 Å². The van der Waals surface area contributed by atoms with E-state index in [9.17, 15) is 28.1 Å². The highest BCUT2D eigenvalue weighted by atomic mass is 32.2. The molecule has 212 valence electrons. The molecule has 12 heteroatoms. The predicted octanol–water partition coefficient (Wildman–Crippen LogP) is 3.63. The van der Waals surface area contributed by atoms with Gasteiger partial charge in [0.25, 0.3) is 5.69 Å². The molecular formula is C27H36N4O7S. The molecule has 2 aromatic carbocycles. The average molecular weight is 561 g/mol. The summed E-state index contributed by atoms with van der Waals surface area (Å²) < 4.78 is 31.8. The highest BCUT2D eigenvalue weighted by molar-refractivity contribution is 7.92. The zero-order valence-corrected chi connectivity index (χ0v) is 23.4. The molecule has 3 rings (SSSR count). The maximum atomic E-state index is 13.9. The normalized spacial score (nSPS) is 14.7. The Morgan fingerprint density at radius 3 is 2.36 bits per heavy atom. The summed E-state index contributed by atoms with van der Waals surface area (Å²) in [4.78, 5) is 39.4. The van der Waals surface area contributed by atoms with E-state index in [-0.39, 0.29) is 35.6 Å². The van der Waals surface area contributed by atoms with Crippen molar-refractivity contribution in [3.63, 3.8) is 0 Å². The SMILES string of the molecule is CC[C@@H](C(=O)NC1CCCCC1)N(Cc1ccccc1)C(=O)CN(c1cc([N+](=O)[O-])ccc1OC)S(C)(=O)=O. The molecule has 0 unspecified atom stereocenters. The lowest BCUT2D eigenvalue weighted by Gasteiger charge is -2.34. The minimum atomic E-state index is -4.09. The lowest BCUT2D eigenvalue weighted by Crippen LogP contribution is -2.54. The van der Waals surface area contributed by atoms with Crippen LogP contribution in [0.2, 0.25) is 0 Å². The molecule has 0 aromatic heterocycles. The summed E-state index contributed by atoms with van der Waals surface area (Å²) in [6, 6.07) is 11.8. The zero-order valence-electron chi connectivity index (χ0n) is 22.5. The van der Waals surface area contributed by atoms with Crippen LogP contribution in [0.15, 0.2) is 48.5 Å². The van der Waals surface area contributed by atoms with Crippen molar-refractivity contribution in [2.75, 3.05) is 24.2 Å². The summed E-state index contributed by atoms with van der Waals surface area (Å²) in [7, 11) is -2.78. The minimum Gasteiger partial charge on any atom is -0.495 e. The summed E-state index contributed by atoms with van der Waals surface area (Å²) in [5, 5.41) is 14.5. The van der Waals surface area contributed by atoms with Crippen LogP contribution in [0, 0.1) is 10.1 Å². The van der Waals surface area contributed by atoms with Crippen molar-refractivity contribution in [3.8, 4) is 5.75 Å². The van der Waals surface area contributed by atoms with Gasteiger partial charge >= 0.3 is 0 Å². The van der Waals surface area contributed by atoms with E-state index in [1.54, 1.807) is 6.92 Å². The molecule has 0 heterocycles. The summed E-state index contributed by atoms with van der Waals surface area (Å²) in [5.74, 6) is -0.855. The van der Waals surface area contributed by atoms with Crippen molar-refractivity contribution < 1.29 is 27.7 Å². The second-order valence-electron chi connectivity index (χ2n) is 9.66. The summed E-state index contributed by atoms with van der Waals surface area (Å²) >= 11 is 0. The van der Waals surface area contributed by atoms with Crippen LogP contribution in [0.5, 0.6) is 5.75 Å². The number of carbonyl (C=O) groups is 2. The number of rotatable bonds is 12. The van der Waals surface area contributed by atoms with Crippen molar-refractivity contribution >= 4 is 33.2 Å². The third-order valence-corrected chi connectivity index (χ3v) is 7.98. The fourth-order valence-corrected chi connectivity index (χ4v) is 5.67. The monoisotopic (exact) mass is 560 g/mol. The van der Waals surface area contributed by atoms with Crippen LogP contribution in [-0.4, -0.2) is 62.0 Å². The fourth-order valence-electron chi connectivity index (χ4n) is 4.83. The quantitative estimate of drug-likeness (QED) is 0.309. The van der Waals surface area contributed by atoms with Gasteiger partial charge in [0, 0.05) is 24.7 Å². The Labute approximate surface area is 229 Å². The van der Waals surface area contributed by atoms with E-state index in [4.69, 9.17) is 4.74 Å². The van der Waals surface area contributed by atoms with E-state index < -0.39 is 33.4 Å². The van der Waals surface area contributed by atoms with Crippen molar-refractivity contribution in [2.24, 2.45) is 0 Å². The van der Waals surface area contributed by atoms with Crippen molar-refractivity contribution in [1.82, 2.24) is 10.2 Å². The average Bonchev–Trinajstić information content (AvgIpc) is 2.91. The van der Waals surface area contributed by atoms with Gasteiger partial charge in [-0.2, -0.15) is 0 Å². The number of nitrogens with zero attached hydrogens (tertiary/aromatic N) is 3. The maximum absolute atomic E-state index is 13.9. The largest absolute Gasteiger partial charge is 0.495 e. The topological polar surface area (TPSA) is 139 Å². The Morgan fingerprint density at radius 1 is 1.13 bits per heavy atom. The van der Waals surface area contributed by atoms with Crippen LogP contribution < -0.4 is 14.4 Å². The Hall–Kier alpha value is -3.67. The van der Waals surface area contributed by atoms with Crippen molar-refractivity contribution in [2.45, 2.75) is 64.1 Å². The van der Waals surface area contributed by atoms with Gasteiger partial charge < -0.3 is 15.0 Å². The van der Waals surface area contributed by atoms with Crippen LogP contribution in [0.1, 0.15) is 51.0 Å². The molecule has 11 nitrogen and oxygen atoms in total. The van der Waals surface area contributed by atoms with Gasteiger partial charge in [0.2, 0.25) is 21.8 Å². The maximum Gasteiger partial charge on any atom is 0.271 e. The lowest BCUT2D eigenvalue weighted by atomic mass is 9.95. The number of nitrogens with one attached hydrogen (secondary N) is 1. The first-order valence-corrected chi connectivity index (χ1v) is 14.8. The molecule has 0 bridgehead atoms. The third kappa shape index (κ3) is 7.92. The number of sulfonamides is 1. The number of nitro benzene ring substituents is 1. The van der Waals surface area contributed by atoms with E-state index in [1.165, 1.54) is 24.1 Å². The molecule has 2 aromatic rings. The predicted molar refractivity (Wildman–Crippen MR) is 148 cm³/mol. The molecule has 1 atom stereocenters. The van der Waals surface area contributed by atoms with Gasteiger partial charge in [0.05, 0.1) is 18.3 Å². The van der Waals surface area contributed by atoms with E-state index in [0.29, 0.717) is 6.42 Å². The molecule has 0 radical (unpaired) electrons. The molecule has 1 fully saturated rings. The molecule has 39 heavy (non-hydrogen) atoms. The summed E-state index contributed by atoms with van der Waals surface area (Å²) in [5.41, 5.74) is 0.279. The Kier molecular flexibility index (Phi) is 10.3. The molecule has 1 saturated carbocycles. The first kappa shape index (κ1) is 29.9. The second-order valence-corrected chi connectivity index (χ2v) is 11.6. The smallest absolute Gasteiger partial charge is 0.271 e. The minimum absolute atomic E-state index is 0.0376. The van der Waals surface area contributed by atoms with Gasteiger partial charge in [0.1, 0.15) is 24.0 Å². The lowest BCUT2D eigenvalue weighted by molar-refractivity contribution is -0.384. The molecule has 0 spiro atoms. The van der Waals surface area contributed by atoms with Crippen LogP contribution >= 0.6 is 0 Å². The molecule has 2 amide bonds. The van der Waals surface area contributed by atoms with Gasteiger partial charge in [-0.15, -0.1) is 0 Å². The van der Waals surface area contributed by atoms with Gasteiger partial charge in [-0.1, -0.05) is 56.5 Å². The fraction of sp³-hybridized carbons (Fsp3) is 0.481. The second kappa shape index (κ2) is 13.4. The van der Waals surface area contributed by atoms with Gasteiger partial charge in [0.15, 0.2) is 0 Å². The van der Waals surface area contributed by atoms with E-state index >= 15 is 0 Å². The summed E-state index contributed by atoms with van der Waals surface area (Å²) in [6.07, 6.45) is 6.17. The van der Waals surface area contributed by atoms with Crippen molar-refractivity contribution in [1.29, 1.82) is 0 Å². The van der Waals surface area contributed by atoms with Crippen LogP contribution in [0.25, 0.3) is 0 Å². The van der Waals surface area contributed by atoms with Crippen LogP contribution in [-0.2, 0) is 26.2 Å². The number of carbonyl (C=O) groups excluding carboxylic acids is 2. The van der Waals surface area contributed by atoms with Gasteiger partial charge in [-0.3, -0.25) is 24.0 Å². The molecule has 1 aliphatic carbocycles. The molecule has 0 aliphatic heterocycles. The number of benzene rings is 2. The van der Waals surface area contributed by atoms with E-state index in [1.807, 2.05) is 30.3 Å². The Balaban J connectivity index is 1.98. The molecule has 1 N–H and O–H groups in total. The number of nitro groups is 1. The van der Waals surface area contributed by atoms with E-state index in [2.05, 4.69) is 5.32 Å². The Bertz CT molecular complexity index is 1260. The number of hydrogen-bond acceptors (Lipinski definition) is 7. The first-order valence-electron chi connectivity index (χ1n) is 13.0. The molecule has 1 aliphatic rings. The summed E-state index contributed by atoms with van der Waals surface area (Å²) in [6.45, 7) is 1.21. The number of ether oxygens (including phenoxy) is 1. The standard InChI is InChI=1S/C27H36N4O7S/c1-4-23(27(33)28-21-13-9-6-10-14-21)29(18-20-11-7-5-8-12-20)26(32)19-30(39(3,36)37)24-17-22(31(34)35)15-16-25(24)38-2/h5,7-8,11-12,15-17,21,23H,4,6,9-10,13-14,18-19H2,1-3H3,(H,28,33)/t23-/m0/s1. The van der Waals surface area contributed by atoms with E-state index in [0.717, 1.165) is 54.3 Å². The van der Waals surface area contributed by atoms with Crippen LogP contribution in [0.3, 0.4) is 0 Å². The molecule has 0 saturated heterocycles. The zero-order chi connectivity index (χ0) is 28.6. The molecular weight excluding hydrogens is 524 g/mol. The van der Waals surface area contributed by atoms with Gasteiger partial charge in [-0.25, -0.2) is 8.42 Å². The highest BCUT2D eigenvalue weighted by Crippen LogP contribution is 2.34. The van der Waals surface area contributed by atoms with Crippen LogP contribution in [0.4, 0.5) is 11.4 Å². The highest BCUT2D eigenvalue weighted by Gasteiger charge is 2.34. The third-order valence-electron chi connectivity index (χ3n) is 6.85. The number of anilines is 1. The number of non-ortho nitro benzene ring substituents is 1.